The van der Waals surface area contributed by atoms with Crippen LogP contribution in [0.4, 0.5) is 0 Å². The first-order valence-electron chi connectivity index (χ1n) is 5.92. The predicted molar refractivity (Wildman–Crippen MR) is 68.8 cm³/mol. The van der Waals surface area contributed by atoms with Gasteiger partial charge in [-0.25, -0.2) is 0 Å². The molecule has 0 amide bonds. The monoisotopic (exact) mass is 255 g/mol. The molecule has 1 N–H and O–H groups in total. The molecule has 4 heteroatoms. The van der Waals surface area contributed by atoms with E-state index in [0.29, 0.717) is 6.61 Å². The Labute approximate surface area is 107 Å². The summed E-state index contributed by atoms with van der Waals surface area (Å²) in [6.07, 6.45) is 1.12. The van der Waals surface area contributed by atoms with Gasteiger partial charge in [-0.1, -0.05) is 11.6 Å². The van der Waals surface area contributed by atoms with E-state index in [-0.39, 0.29) is 12.1 Å². The van der Waals surface area contributed by atoms with Gasteiger partial charge < -0.3 is 14.8 Å². The lowest BCUT2D eigenvalue weighted by molar-refractivity contribution is 0.140. The van der Waals surface area contributed by atoms with Gasteiger partial charge in [0.25, 0.3) is 0 Å². The molecule has 1 aliphatic heterocycles. The average molecular weight is 256 g/mol. The van der Waals surface area contributed by atoms with E-state index < -0.39 is 0 Å². The molecule has 1 aliphatic rings. The second-order valence-electron chi connectivity index (χ2n) is 4.30. The van der Waals surface area contributed by atoms with Crippen molar-refractivity contribution in [3.63, 3.8) is 0 Å². The van der Waals surface area contributed by atoms with E-state index in [9.17, 15) is 0 Å². The molecule has 1 fully saturated rings. The molecule has 2 rings (SSSR count). The van der Waals surface area contributed by atoms with Crippen molar-refractivity contribution in [2.45, 2.75) is 25.5 Å². The Kier molecular flexibility index (Phi) is 4.26. The molecule has 94 valence electrons. The van der Waals surface area contributed by atoms with Crippen molar-refractivity contribution >= 4 is 11.6 Å². The Morgan fingerprint density at radius 3 is 3.00 bits per heavy atom. The maximum absolute atomic E-state index is 6.03. The Balaban J connectivity index is 2.19. The number of hydrogen-bond donors (Lipinski definition) is 1. The van der Waals surface area contributed by atoms with E-state index in [1.807, 2.05) is 25.2 Å². The number of halogens is 1. The Hall–Kier alpha value is -0.770. The quantitative estimate of drug-likeness (QED) is 0.898. The third kappa shape index (κ3) is 3.12. The highest BCUT2D eigenvalue weighted by atomic mass is 35.5. The van der Waals surface area contributed by atoms with Crippen LogP contribution in [-0.2, 0) is 4.74 Å². The summed E-state index contributed by atoms with van der Waals surface area (Å²) in [4.78, 5) is 0. The van der Waals surface area contributed by atoms with Crippen LogP contribution in [0.25, 0.3) is 0 Å². The summed E-state index contributed by atoms with van der Waals surface area (Å²) in [6, 6.07) is 5.96. The molecule has 0 aliphatic carbocycles. The highest BCUT2D eigenvalue weighted by Gasteiger charge is 2.20. The number of benzene rings is 1. The Morgan fingerprint density at radius 1 is 1.53 bits per heavy atom. The molecule has 2 unspecified atom stereocenters. The van der Waals surface area contributed by atoms with E-state index in [4.69, 9.17) is 21.1 Å². The number of ether oxygens (including phenoxy) is 2. The van der Waals surface area contributed by atoms with Gasteiger partial charge in [-0.05, 0) is 32.2 Å². The largest absolute Gasteiger partial charge is 0.488 e. The lowest BCUT2D eigenvalue weighted by Gasteiger charge is -2.19. The van der Waals surface area contributed by atoms with E-state index >= 15 is 0 Å². The van der Waals surface area contributed by atoms with Gasteiger partial charge in [0.15, 0.2) is 0 Å². The minimum Gasteiger partial charge on any atom is -0.488 e. The maximum Gasteiger partial charge on any atom is 0.124 e. The molecule has 3 nitrogen and oxygen atoms in total. The molecular weight excluding hydrogens is 238 g/mol. The minimum absolute atomic E-state index is 0.166. The van der Waals surface area contributed by atoms with E-state index in [1.165, 1.54) is 0 Å². The van der Waals surface area contributed by atoms with E-state index in [1.54, 1.807) is 0 Å². The molecule has 0 radical (unpaired) electrons. The topological polar surface area (TPSA) is 30.5 Å². The summed E-state index contributed by atoms with van der Waals surface area (Å²) >= 11 is 6.03. The molecule has 0 bridgehead atoms. The summed E-state index contributed by atoms with van der Waals surface area (Å²) in [5, 5.41) is 3.94. The zero-order valence-corrected chi connectivity index (χ0v) is 11.0. The van der Waals surface area contributed by atoms with Gasteiger partial charge in [0.2, 0.25) is 0 Å². The molecule has 17 heavy (non-hydrogen) atoms. The predicted octanol–water partition coefficient (Wildman–Crippen LogP) is 2.79. The highest BCUT2D eigenvalue weighted by Crippen LogP contribution is 2.29. The minimum atomic E-state index is 0.166. The van der Waals surface area contributed by atoms with Crippen molar-refractivity contribution in [1.82, 2.24) is 5.32 Å². The summed E-state index contributed by atoms with van der Waals surface area (Å²) in [6.45, 7) is 3.55. The van der Waals surface area contributed by atoms with Crippen molar-refractivity contribution < 1.29 is 9.47 Å². The Bertz CT molecular complexity index is 378. The lowest BCUT2D eigenvalue weighted by Crippen LogP contribution is -2.19. The van der Waals surface area contributed by atoms with Gasteiger partial charge in [-0.3, -0.25) is 0 Å². The molecule has 0 saturated carbocycles. The Morgan fingerprint density at radius 2 is 2.35 bits per heavy atom. The third-order valence-electron chi connectivity index (χ3n) is 3.05. The van der Waals surface area contributed by atoms with Crippen LogP contribution in [0.5, 0.6) is 5.75 Å². The van der Waals surface area contributed by atoms with Gasteiger partial charge in [0.05, 0.1) is 13.2 Å². The van der Waals surface area contributed by atoms with Crippen LogP contribution in [-0.4, -0.2) is 26.4 Å². The van der Waals surface area contributed by atoms with Crippen LogP contribution in [0.1, 0.15) is 24.9 Å². The summed E-state index contributed by atoms with van der Waals surface area (Å²) in [5.74, 6) is 0.895. The molecule has 1 heterocycles. The van der Waals surface area contributed by atoms with Crippen LogP contribution < -0.4 is 10.1 Å². The SMILES string of the molecule is CNC(C)c1cc(Cl)ccc1OC1CCOC1. The second kappa shape index (κ2) is 5.71. The van der Waals surface area contributed by atoms with Crippen LogP contribution in [0.15, 0.2) is 18.2 Å². The smallest absolute Gasteiger partial charge is 0.124 e. The summed E-state index contributed by atoms with van der Waals surface area (Å²) in [5.41, 5.74) is 1.09. The average Bonchev–Trinajstić information content (AvgIpc) is 2.83. The van der Waals surface area contributed by atoms with Gasteiger partial charge in [-0.2, -0.15) is 0 Å². The van der Waals surface area contributed by atoms with Crippen molar-refractivity contribution in [3.05, 3.63) is 28.8 Å². The summed E-state index contributed by atoms with van der Waals surface area (Å²) in [7, 11) is 1.92. The third-order valence-corrected chi connectivity index (χ3v) is 3.29. The second-order valence-corrected chi connectivity index (χ2v) is 4.73. The molecule has 1 aromatic rings. The first kappa shape index (κ1) is 12.7. The highest BCUT2D eigenvalue weighted by molar-refractivity contribution is 6.30. The zero-order valence-electron chi connectivity index (χ0n) is 10.2. The standard InChI is InChI=1S/C13H18ClNO2/c1-9(15-2)12-7-10(14)3-4-13(12)17-11-5-6-16-8-11/h3-4,7,9,11,15H,5-6,8H2,1-2H3. The zero-order chi connectivity index (χ0) is 12.3. The van der Waals surface area contributed by atoms with Gasteiger partial charge in [0, 0.05) is 23.0 Å². The van der Waals surface area contributed by atoms with Crippen molar-refractivity contribution in [2.75, 3.05) is 20.3 Å². The number of rotatable bonds is 4. The molecular formula is C13H18ClNO2. The first-order valence-corrected chi connectivity index (χ1v) is 6.29. The van der Waals surface area contributed by atoms with Crippen molar-refractivity contribution in [1.29, 1.82) is 0 Å². The number of nitrogens with one attached hydrogen (secondary N) is 1. The normalized spacial score (nSPS) is 21.5. The van der Waals surface area contributed by atoms with Crippen LogP contribution in [0.3, 0.4) is 0 Å². The van der Waals surface area contributed by atoms with Crippen LogP contribution >= 0.6 is 11.6 Å². The fourth-order valence-electron chi connectivity index (χ4n) is 1.91. The van der Waals surface area contributed by atoms with Gasteiger partial charge in [0.1, 0.15) is 11.9 Å². The molecule has 0 spiro atoms. The molecule has 2 atom stereocenters. The fraction of sp³-hybridized carbons (Fsp3) is 0.538. The number of hydrogen-bond acceptors (Lipinski definition) is 3. The van der Waals surface area contributed by atoms with Gasteiger partial charge in [-0.15, -0.1) is 0 Å². The van der Waals surface area contributed by atoms with Crippen LogP contribution in [0.2, 0.25) is 5.02 Å². The maximum atomic E-state index is 6.03. The first-order chi connectivity index (χ1) is 8.20. The van der Waals surface area contributed by atoms with Crippen molar-refractivity contribution in [3.8, 4) is 5.75 Å². The summed E-state index contributed by atoms with van der Waals surface area (Å²) < 4.78 is 11.3. The van der Waals surface area contributed by atoms with E-state index in [0.717, 1.165) is 29.4 Å². The lowest BCUT2D eigenvalue weighted by atomic mass is 10.1. The fourth-order valence-corrected chi connectivity index (χ4v) is 2.09. The molecule has 1 saturated heterocycles. The van der Waals surface area contributed by atoms with Crippen LogP contribution in [0, 0.1) is 0 Å². The van der Waals surface area contributed by atoms with Gasteiger partial charge >= 0.3 is 0 Å². The molecule has 0 aromatic heterocycles. The van der Waals surface area contributed by atoms with Crippen molar-refractivity contribution in [2.24, 2.45) is 0 Å². The molecule has 1 aromatic carbocycles. The van der Waals surface area contributed by atoms with E-state index in [2.05, 4.69) is 12.2 Å².